The summed E-state index contributed by atoms with van der Waals surface area (Å²) in [7, 11) is -3.12. The molecule has 0 radical (unpaired) electrons. The van der Waals surface area contributed by atoms with Crippen molar-refractivity contribution in [2.75, 3.05) is 11.8 Å². The lowest BCUT2D eigenvalue weighted by Crippen LogP contribution is -2.14. The summed E-state index contributed by atoms with van der Waals surface area (Å²) < 4.78 is 79.4. The molecule has 30 heavy (non-hydrogen) atoms. The van der Waals surface area contributed by atoms with Crippen LogP contribution in [-0.4, -0.2) is 30.5 Å². The molecule has 1 N–H and O–H groups in total. The summed E-state index contributed by atoms with van der Waals surface area (Å²) in [5.41, 5.74) is 0.960. The molecule has 0 saturated carbocycles. The fourth-order valence-corrected chi connectivity index (χ4v) is 3.90. The Hall–Kier alpha value is -3.54. The van der Waals surface area contributed by atoms with E-state index in [1.807, 2.05) is 0 Å². The molecular weight excluding hydrogens is 425 g/mol. The molecule has 2 aromatic heterocycles. The van der Waals surface area contributed by atoms with E-state index < -0.39 is 32.4 Å². The van der Waals surface area contributed by atoms with Crippen LogP contribution in [0.15, 0.2) is 52.1 Å². The number of methoxy groups -OCH3 is 1. The number of rotatable bonds is 6. The highest BCUT2D eigenvalue weighted by molar-refractivity contribution is 7.92. The molecule has 4 rings (SSSR count). The van der Waals surface area contributed by atoms with Gasteiger partial charge in [0.1, 0.15) is 11.1 Å². The molecule has 0 aliphatic heterocycles. The summed E-state index contributed by atoms with van der Waals surface area (Å²) >= 11 is 0. The summed E-state index contributed by atoms with van der Waals surface area (Å²) in [5, 5.41) is 7.99. The first-order valence-corrected chi connectivity index (χ1v) is 9.88. The summed E-state index contributed by atoms with van der Waals surface area (Å²) in [6, 6.07) is 5.76. The number of sulfonamides is 1. The van der Waals surface area contributed by atoms with Crippen molar-refractivity contribution in [1.82, 2.24) is 14.9 Å². The molecule has 156 valence electrons. The van der Waals surface area contributed by atoms with Crippen molar-refractivity contribution in [1.29, 1.82) is 0 Å². The van der Waals surface area contributed by atoms with Gasteiger partial charge in [-0.1, -0.05) is 5.16 Å². The minimum absolute atomic E-state index is 0.202. The first-order valence-electron chi connectivity index (χ1n) is 8.39. The molecule has 4 aromatic rings. The maximum Gasteiger partial charge on any atom is 0.263 e. The van der Waals surface area contributed by atoms with Crippen LogP contribution in [0.3, 0.4) is 0 Å². The van der Waals surface area contributed by atoms with Gasteiger partial charge in [-0.15, -0.1) is 0 Å². The van der Waals surface area contributed by atoms with Gasteiger partial charge in [-0.2, -0.15) is 5.10 Å². The molecule has 0 amide bonds. The molecule has 2 aromatic carbocycles. The van der Waals surface area contributed by atoms with Gasteiger partial charge in [0.05, 0.1) is 18.6 Å². The highest BCUT2D eigenvalue weighted by Crippen LogP contribution is 2.35. The number of nitrogens with one attached hydrogen (secondary N) is 1. The molecule has 0 aliphatic carbocycles. The minimum atomic E-state index is -4.50. The maximum absolute atomic E-state index is 13.5. The quantitative estimate of drug-likeness (QED) is 0.464. The van der Waals surface area contributed by atoms with Gasteiger partial charge in [0.2, 0.25) is 0 Å². The van der Waals surface area contributed by atoms with Gasteiger partial charge >= 0.3 is 0 Å². The largest absolute Gasteiger partial charge is 0.496 e. The molecule has 0 fully saturated rings. The molecule has 8 nitrogen and oxygen atoms in total. The maximum atomic E-state index is 13.5. The number of nitrogens with zero attached hydrogens (tertiary/aromatic N) is 3. The second-order valence-corrected chi connectivity index (χ2v) is 7.89. The van der Waals surface area contributed by atoms with E-state index in [1.165, 1.54) is 7.11 Å². The van der Waals surface area contributed by atoms with E-state index in [9.17, 15) is 21.6 Å². The Balaban J connectivity index is 1.73. The minimum Gasteiger partial charge on any atom is -0.496 e. The van der Waals surface area contributed by atoms with Crippen LogP contribution >= 0.6 is 0 Å². The molecule has 0 aliphatic rings. The van der Waals surface area contributed by atoms with Crippen LogP contribution in [0.5, 0.6) is 5.75 Å². The first kappa shape index (κ1) is 19.8. The van der Waals surface area contributed by atoms with Crippen molar-refractivity contribution in [2.45, 2.75) is 11.4 Å². The number of aromatic nitrogens is 3. The lowest BCUT2D eigenvalue weighted by atomic mass is 10.1. The van der Waals surface area contributed by atoms with Gasteiger partial charge in [0.15, 0.2) is 28.9 Å². The van der Waals surface area contributed by atoms with Crippen molar-refractivity contribution in [3.8, 4) is 5.75 Å². The average molecular weight is 438 g/mol. The third-order valence-electron chi connectivity index (χ3n) is 4.22. The summed E-state index contributed by atoms with van der Waals surface area (Å²) in [6.07, 6.45) is 3.38. The lowest BCUT2D eigenvalue weighted by Gasteiger charge is -2.09. The Morgan fingerprint density at radius 1 is 1.17 bits per heavy atom. The standard InChI is InChI=1S/C18H13F3N4O4S/c1-28-14-5-10(9-25-4-2-3-22-25)6-15-16(14)18(23-29-15)24-30(26,27)11-7-12(19)17(21)13(20)8-11/h2-8H,9H2,1H3,(H,23,24). The van der Waals surface area contributed by atoms with Gasteiger partial charge in [0, 0.05) is 12.4 Å². The van der Waals surface area contributed by atoms with Gasteiger partial charge in [0.25, 0.3) is 10.0 Å². The molecule has 0 atom stereocenters. The number of anilines is 1. The smallest absolute Gasteiger partial charge is 0.263 e. The first-order chi connectivity index (χ1) is 14.3. The van der Waals surface area contributed by atoms with E-state index in [4.69, 9.17) is 9.26 Å². The highest BCUT2D eigenvalue weighted by Gasteiger charge is 2.24. The fourth-order valence-electron chi connectivity index (χ4n) is 2.87. The van der Waals surface area contributed by atoms with Crippen LogP contribution in [0.4, 0.5) is 19.0 Å². The number of ether oxygens (including phenoxy) is 1. The third-order valence-corrected chi connectivity index (χ3v) is 5.54. The topological polar surface area (TPSA) is 99.2 Å². The molecule has 0 bridgehead atoms. The normalized spacial score (nSPS) is 11.7. The van der Waals surface area contributed by atoms with E-state index in [0.29, 0.717) is 18.7 Å². The highest BCUT2D eigenvalue weighted by atomic mass is 32.2. The molecular formula is C18H13F3N4O4S. The van der Waals surface area contributed by atoms with Crippen molar-refractivity contribution >= 4 is 26.8 Å². The molecule has 12 heteroatoms. The molecule has 0 saturated heterocycles. The van der Waals surface area contributed by atoms with Crippen LogP contribution in [-0.2, 0) is 16.6 Å². The van der Waals surface area contributed by atoms with Gasteiger partial charge in [-0.3, -0.25) is 9.40 Å². The van der Waals surface area contributed by atoms with Crippen LogP contribution in [0.25, 0.3) is 11.0 Å². The van der Waals surface area contributed by atoms with E-state index >= 15 is 0 Å². The van der Waals surface area contributed by atoms with Crippen LogP contribution in [0, 0.1) is 17.5 Å². The van der Waals surface area contributed by atoms with Gasteiger partial charge in [-0.25, -0.2) is 21.6 Å². The summed E-state index contributed by atoms with van der Waals surface area (Å²) in [5.74, 6) is -5.04. The Morgan fingerprint density at radius 3 is 2.53 bits per heavy atom. The summed E-state index contributed by atoms with van der Waals surface area (Å²) in [6.45, 7) is 0.398. The van der Waals surface area contributed by atoms with Crippen LogP contribution in [0.2, 0.25) is 0 Å². The molecule has 0 unspecified atom stereocenters. The molecule has 2 heterocycles. The van der Waals surface area contributed by atoms with Crippen molar-refractivity contribution in [3.05, 3.63) is 65.7 Å². The summed E-state index contributed by atoms with van der Waals surface area (Å²) in [4.78, 5) is -0.815. The lowest BCUT2D eigenvalue weighted by molar-refractivity contribution is 0.418. The number of fused-ring (bicyclic) bond motifs is 1. The molecule has 0 spiro atoms. The SMILES string of the molecule is COc1cc(Cn2cccn2)cc2onc(NS(=O)(=O)c3cc(F)c(F)c(F)c3)c12. The van der Waals surface area contributed by atoms with Crippen LogP contribution in [0.1, 0.15) is 5.56 Å². The average Bonchev–Trinajstić information content (AvgIpc) is 3.35. The Morgan fingerprint density at radius 2 is 1.90 bits per heavy atom. The van der Waals surface area contributed by atoms with E-state index in [2.05, 4.69) is 15.0 Å². The van der Waals surface area contributed by atoms with Gasteiger partial charge in [-0.05, 0) is 35.9 Å². The van der Waals surface area contributed by atoms with Crippen molar-refractivity contribution in [2.24, 2.45) is 0 Å². The predicted molar refractivity (Wildman–Crippen MR) is 99.0 cm³/mol. The zero-order chi connectivity index (χ0) is 21.5. The monoisotopic (exact) mass is 438 g/mol. The Bertz CT molecular complexity index is 1310. The van der Waals surface area contributed by atoms with Gasteiger partial charge < -0.3 is 9.26 Å². The second kappa shape index (κ2) is 7.37. The van der Waals surface area contributed by atoms with E-state index in [0.717, 1.165) is 5.56 Å². The van der Waals surface area contributed by atoms with Crippen molar-refractivity contribution in [3.63, 3.8) is 0 Å². The zero-order valence-corrected chi connectivity index (χ0v) is 16.1. The van der Waals surface area contributed by atoms with E-state index in [1.54, 1.807) is 35.3 Å². The Kier molecular flexibility index (Phi) is 4.86. The number of benzene rings is 2. The van der Waals surface area contributed by atoms with Crippen LogP contribution < -0.4 is 9.46 Å². The predicted octanol–water partition coefficient (Wildman–Crippen LogP) is 3.30. The number of halogens is 3. The fraction of sp³-hybridized carbons (Fsp3) is 0.111. The Labute approximate surface area is 167 Å². The number of hydrogen-bond donors (Lipinski definition) is 1. The second-order valence-electron chi connectivity index (χ2n) is 6.21. The zero-order valence-electron chi connectivity index (χ0n) is 15.3. The van der Waals surface area contributed by atoms with Crippen molar-refractivity contribution < 1.29 is 30.8 Å². The number of hydrogen-bond acceptors (Lipinski definition) is 6. The third kappa shape index (κ3) is 3.56. The van der Waals surface area contributed by atoms with E-state index in [-0.39, 0.29) is 22.5 Å².